The van der Waals surface area contributed by atoms with Crippen molar-refractivity contribution in [2.75, 3.05) is 13.4 Å². The third kappa shape index (κ3) is 3.79. The number of hydrogen-bond donors (Lipinski definition) is 1. The summed E-state index contributed by atoms with van der Waals surface area (Å²) in [5.41, 5.74) is 1.41. The van der Waals surface area contributed by atoms with Gasteiger partial charge in [0.1, 0.15) is 12.0 Å². The highest BCUT2D eigenvalue weighted by Crippen LogP contribution is 2.32. The fourth-order valence-electron chi connectivity index (χ4n) is 2.13. The molecule has 3 rings (SSSR count). The molecule has 1 aliphatic heterocycles. The van der Waals surface area contributed by atoms with E-state index < -0.39 is 0 Å². The van der Waals surface area contributed by atoms with Gasteiger partial charge in [-0.05, 0) is 29.8 Å². The van der Waals surface area contributed by atoms with Crippen molar-refractivity contribution in [3.8, 4) is 17.2 Å². The maximum absolute atomic E-state index is 11.8. The number of nitrogens with one attached hydrogen (secondary N) is 1. The molecule has 0 spiro atoms. The number of ether oxygens (including phenoxy) is 3. The summed E-state index contributed by atoms with van der Waals surface area (Å²) in [6, 6.07) is 12.1. The maximum atomic E-state index is 11.8. The molecule has 0 saturated heterocycles. The van der Waals surface area contributed by atoms with Crippen LogP contribution in [-0.4, -0.2) is 25.6 Å². The second kappa shape index (κ2) is 6.83. The lowest BCUT2D eigenvalue weighted by atomic mass is 10.2. The van der Waals surface area contributed by atoms with E-state index >= 15 is 0 Å². The molecule has 0 unspecified atom stereocenters. The first-order valence-electron chi connectivity index (χ1n) is 7.08. The summed E-state index contributed by atoms with van der Waals surface area (Å²) in [6.45, 7) is 0.471. The Morgan fingerprint density at radius 2 is 2.04 bits per heavy atom. The second-order valence-corrected chi connectivity index (χ2v) is 4.94. The van der Waals surface area contributed by atoms with Crippen LogP contribution in [-0.2, 0) is 11.3 Å². The van der Waals surface area contributed by atoms with Gasteiger partial charge < -0.3 is 19.5 Å². The minimum atomic E-state index is -0.251. The Morgan fingerprint density at radius 1 is 1.17 bits per heavy atom. The normalized spacial score (nSPS) is 11.8. The van der Waals surface area contributed by atoms with Crippen LogP contribution < -0.4 is 19.5 Å². The fraction of sp³-hybridized carbons (Fsp3) is 0.176. The summed E-state index contributed by atoms with van der Waals surface area (Å²) in [5, 5.41) is 2.76. The van der Waals surface area contributed by atoms with Crippen molar-refractivity contribution in [1.29, 1.82) is 0 Å². The van der Waals surface area contributed by atoms with Crippen LogP contribution in [0.2, 0.25) is 0 Å². The molecule has 0 atom stereocenters. The van der Waals surface area contributed by atoms with E-state index in [1.165, 1.54) is 0 Å². The Bertz CT molecular complexity index is 729. The summed E-state index contributed by atoms with van der Waals surface area (Å²) in [5.74, 6) is 1.61. The summed E-state index contributed by atoms with van der Waals surface area (Å²) in [6.07, 6.45) is 0.729. The van der Waals surface area contributed by atoms with Crippen LogP contribution in [0.1, 0.15) is 15.9 Å². The van der Waals surface area contributed by atoms with Gasteiger partial charge in [-0.25, -0.2) is 0 Å². The minimum absolute atomic E-state index is 0.118. The van der Waals surface area contributed by atoms with Gasteiger partial charge in [-0.3, -0.25) is 9.59 Å². The number of carbonyl (C=O) groups is 2. The van der Waals surface area contributed by atoms with E-state index in [-0.39, 0.29) is 19.3 Å². The van der Waals surface area contributed by atoms with Crippen LogP contribution in [0.25, 0.3) is 0 Å². The standard InChI is InChI=1S/C17H15NO5/c19-9-13-2-1-3-14(6-13)21-10-17(20)18-8-12-4-5-15-16(7-12)23-11-22-15/h1-7,9H,8,10-11H2,(H,18,20). The molecule has 1 N–H and O–H groups in total. The van der Waals surface area contributed by atoms with E-state index in [1.807, 2.05) is 18.2 Å². The first kappa shape index (κ1) is 14.9. The zero-order valence-electron chi connectivity index (χ0n) is 12.3. The molecule has 6 nitrogen and oxygen atoms in total. The van der Waals surface area contributed by atoms with E-state index in [4.69, 9.17) is 14.2 Å². The largest absolute Gasteiger partial charge is 0.484 e. The molecule has 0 bridgehead atoms. The van der Waals surface area contributed by atoms with Gasteiger partial charge in [0.2, 0.25) is 6.79 Å². The summed E-state index contributed by atoms with van der Waals surface area (Å²) in [7, 11) is 0. The molecule has 1 heterocycles. The van der Waals surface area contributed by atoms with Crippen LogP contribution in [0.15, 0.2) is 42.5 Å². The van der Waals surface area contributed by atoms with Crippen molar-refractivity contribution in [3.63, 3.8) is 0 Å². The van der Waals surface area contributed by atoms with E-state index in [0.29, 0.717) is 29.4 Å². The zero-order chi connectivity index (χ0) is 16.1. The van der Waals surface area contributed by atoms with Gasteiger partial charge in [-0.2, -0.15) is 0 Å². The average molecular weight is 313 g/mol. The number of benzene rings is 2. The van der Waals surface area contributed by atoms with Gasteiger partial charge in [-0.15, -0.1) is 0 Å². The van der Waals surface area contributed by atoms with Crippen molar-refractivity contribution >= 4 is 12.2 Å². The number of rotatable bonds is 6. The number of hydrogen-bond acceptors (Lipinski definition) is 5. The van der Waals surface area contributed by atoms with Crippen molar-refractivity contribution in [3.05, 3.63) is 53.6 Å². The van der Waals surface area contributed by atoms with Gasteiger partial charge >= 0.3 is 0 Å². The zero-order valence-corrected chi connectivity index (χ0v) is 12.3. The van der Waals surface area contributed by atoms with Gasteiger partial charge in [0.25, 0.3) is 5.91 Å². The smallest absolute Gasteiger partial charge is 0.258 e. The van der Waals surface area contributed by atoms with Crippen LogP contribution in [0, 0.1) is 0 Å². The highest BCUT2D eigenvalue weighted by Gasteiger charge is 2.13. The van der Waals surface area contributed by atoms with Gasteiger partial charge in [0, 0.05) is 12.1 Å². The second-order valence-electron chi connectivity index (χ2n) is 4.94. The van der Waals surface area contributed by atoms with Crippen LogP contribution >= 0.6 is 0 Å². The highest BCUT2D eigenvalue weighted by molar-refractivity contribution is 5.78. The van der Waals surface area contributed by atoms with Crippen molar-refractivity contribution in [2.45, 2.75) is 6.54 Å². The average Bonchev–Trinajstić information content (AvgIpc) is 3.06. The molecule has 23 heavy (non-hydrogen) atoms. The van der Waals surface area contributed by atoms with E-state index in [9.17, 15) is 9.59 Å². The van der Waals surface area contributed by atoms with Crippen molar-refractivity contribution in [2.24, 2.45) is 0 Å². The molecule has 1 aliphatic rings. The van der Waals surface area contributed by atoms with Gasteiger partial charge in [-0.1, -0.05) is 18.2 Å². The molecule has 0 radical (unpaired) electrons. The molecule has 2 aromatic carbocycles. The Hall–Kier alpha value is -3.02. The molecule has 0 saturated carbocycles. The highest BCUT2D eigenvalue weighted by atomic mass is 16.7. The van der Waals surface area contributed by atoms with Gasteiger partial charge in [0.15, 0.2) is 18.1 Å². The first-order chi connectivity index (χ1) is 11.2. The van der Waals surface area contributed by atoms with E-state index in [1.54, 1.807) is 24.3 Å². The summed E-state index contributed by atoms with van der Waals surface area (Å²) < 4.78 is 15.9. The van der Waals surface area contributed by atoms with Crippen LogP contribution in [0.5, 0.6) is 17.2 Å². The molecule has 0 aliphatic carbocycles. The number of aldehydes is 1. The quantitative estimate of drug-likeness (QED) is 0.825. The molecule has 1 amide bonds. The molecule has 118 valence electrons. The lowest BCUT2D eigenvalue weighted by Gasteiger charge is -2.08. The SMILES string of the molecule is O=Cc1cccc(OCC(=O)NCc2ccc3c(c2)OCO3)c1. The first-order valence-corrected chi connectivity index (χ1v) is 7.08. The Morgan fingerprint density at radius 3 is 2.91 bits per heavy atom. The molecular formula is C17H15NO5. The summed E-state index contributed by atoms with van der Waals surface area (Å²) in [4.78, 5) is 22.5. The third-order valence-electron chi connectivity index (χ3n) is 3.29. The molecular weight excluding hydrogens is 298 g/mol. The van der Waals surface area contributed by atoms with Crippen molar-refractivity contribution in [1.82, 2.24) is 5.32 Å². The molecule has 2 aromatic rings. The number of amides is 1. The topological polar surface area (TPSA) is 73.9 Å². The molecule has 0 fully saturated rings. The van der Waals surface area contributed by atoms with E-state index in [0.717, 1.165) is 11.8 Å². The Balaban J connectivity index is 1.48. The maximum Gasteiger partial charge on any atom is 0.258 e. The van der Waals surface area contributed by atoms with Crippen LogP contribution in [0.3, 0.4) is 0 Å². The lowest BCUT2D eigenvalue weighted by Crippen LogP contribution is -2.28. The number of carbonyl (C=O) groups excluding carboxylic acids is 2. The predicted octanol–water partition coefficient (Wildman–Crippen LogP) is 1.92. The summed E-state index contributed by atoms with van der Waals surface area (Å²) >= 11 is 0. The molecule has 0 aromatic heterocycles. The Kier molecular flexibility index (Phi) is 4.42. The fourth-order valence-corrected chi connectivity index (χ4v) is 2.13. The Labute approximate surface area is 133 Å². The van der Waals surface area contributed by atoms with Crippen LogP contribution in [0.4, 0.5) is 0 Å². The molecule has 6 heteroatoms. The van der Waals surface area contributed by atoms with E-state index in [2.05, 4.69) is 5.32 Å². The van der Waals surface area contributed by atoms with Crippen molar-refractivity contribution < 1.29 is 23.8 Å². The minimum Gasteiger partial charge on any atom is -0.484 e. The van der Waals surface area contributed by atoms with Gasteiger partial charge in [0.05, 0.1) is 0 Å². The lowest BCUT2D eigenvalue weighted by molar-refractivity contribution is -0.123. The third-order valence-corrected chi connectivity index (χ3v) is 3.29. The number of fused-ring (bicyclic) bond motifs is 1. The predicted molar refractivity (Wildman–Crippen MR) is 81.7 cm³/mol. The monoisotopic (exact) mass is 313 g/mol.